The Morgan fingerprint density at radius 3 is 2.77 bits per heavy atom. The van der Waals surface area contributed by atoms with E-state index in [1.807, 2.05) is 0 Å². The van der Waals surface area contributed by atoms with Crippen LogP contribution in [0.3, 0.4) is 0 Å². The third-order valence-electron chi connectivity index (χ3n) is 3.33. The first-order chi connectivity index (χ1) is 6.40. The molecule has 13 heavy (non-hydrogen) atoms. The molecule has 3 aliphatic carbocycles. The summed E-state index contributed by atoms with van der Waals surface area (Å²) in [5.74, 6) is 1.17. The van der Waals surface area contributed by atoms with Gasteiger partial charge in [-0.1, -0.05) is 12.2 Å². The Kier molecular flexibility index (Phi) is 1.41. The number of H-pyrrole nitrogens is 1. The van der Waals surface area contributed by atoms with Crippen molar-refractivity contribution in [3.05, 3.63) is 35.2 Å². The number of aromatic nitrogens is 1. The molecule has 0 fully saturated rings. The SMILES string of the molecule is OCc1[nH]cc2c1[C@@H]1C=C[C@H]2CC1. The normalized spacial score (nSPS) is 29.3. The van der Waals surface area contributed by atoms with Gasteiger partial charge in [0.05, 0.1) is 6.61 Å². The first kappa shape index (κ1) is 7.39. The van der Waals surface area contributed by atoms with E-state index in [9.17, 15) is 0 Å². The van der Waals surface area contributed by atoms with Crippen molar-refractivity contribution >= 4 is 0 Å². The van der Waals surface area contributed by atoms with Crippen molar-refractivity contribution in [3.63, 3.8) is 0 Å². The highest BCUT2D eigenvalue weighted by atomic mass is 16.3. The lowest BCUT2D eigenvalue weighted by atomic mass is 9.73. The number of aliphatic hydroxyl groups is 1. The van der Waals surface area contributed by atoms with Gasteiger partial charge in [-0.25, -0.2) is 0 Å². The zero-order valence-electron chi connectivity index (χ0n) is 7.46. The molecule has 0 radical (unpaired) electrons. The molecule has 0 saturated heterocycles. The van der Waals surface area contributed by atoms with Crippen LogP contribution in [0.15, 0.2) is 18.3 Å². The molecule has 2 nitrogen and oxygen atoms in total. The third kappa shape index (κ3) is 0.866. The summed E-state index contributed by atoms with van der Waals surface area (Å²) in [5.41, 5.74) is 3.82. The highest BCUT2D eigenvalue weighted by Crippen LogP contribution is 2.46. The summed E-state index contributed by atoms with van der Waals surface area (Å²) >= 11 is 0. The molecular weight excluding hydrogens is 162 g/mol. The molecular formula is C11H13NO. The van der Waals surface area contributed by atoms with Crippen molar-refractivity contribution < 1.29 is 5.11 Å². The Morgan fingerprint density at radius 1 is 1.31 bits per heavy atom. The van der Waals surface area contributed by atoms with Gasteiger partial charge in [0.25, 0.3) is 0 Å². The molecule has 0 saturated carbocycles. The number of hydrogen-bond donors (Lipinski definition) is 2. The fourth-order valence-electron chi connectivity index (χ4n) is 2.69. The quantitative estimate of drug-likeness (QED) is 0.629. The Bertz CT molecular complexity index is 364. The van der Waals surface area contributed by atoms with Crippen molar-refractivity contribution in [2.45, 2.75) is 31.3 Å². The molecule has 2 bridgehead atoms. The van der Waals surface area contributed by atoms with Crippen LogP contribution in [0.4, 0.5) is 0 Å². The molecule has 2 atom stereocenters. The highest BCUT2D eigenvalue weighted by Gasteiger charge is 2.31. The molecule has 0 aliphatic heterocycles. The van der Waals surface area contributed by atoms with Crippen molar-refractivity contribution in [3.8, 4) is 0 Å². The van der Waals surface area contributed by atoms with E-state index in [0.717, 1.165) is 5.69 Å². The maximum Gasteiger partial charge on any atom is 0.0833 e. The minimum atomic E-state index is 0.145. The van der Waals surface area contributed by atoms with Gasteiger partial charge in [0.15, 0.2) is 0 Å². The molecule has 0 spiro atoms. The van der Waals surface area contributed by atoms with Gasteiger partial charge in [-0.15, -0.1) is 0 Å². The molecule has 0 amide bonds. The largest absolute Gasteiger partial charge is 0.390 e. The minimum Gasteiger partial charge on any atom is -0.390 e. The number of fused-ring (bicyclic) bond motifs is 1. The number of allylic oxidation sites excluding steroid dienone is 2. The number of nitrogens with one attached hydrogen (secondary N) is 1. The van der Waals surface area contributed by atoms with E-state index in [-0.39, 0.29) is 6.61 Å². The van der Waals surface area contributed by atoms with Crippen molar-refractivity contribution in [1.82, 2.24) is 4.98 Å². The average Bonchev–Trinajstić information content (AvgIpc) is 2.64. The first-order valence-corrected chi connectivity index (χ1v) is 4.89. The number of aromatic amines is 1. The van der Waals surface area contributed by atoms with Crippen LogP contribution in [-0.4, -0.2) is 10.1 Å². The second-order valence-corrected chi connectivity index (χ2v) is 3.97. The van der Waals surface area contributed by atoms with Crippen LogP contribution in [-0.2, 0) is 6.61 Å². The molecule has 0 aromatic carbocycles. The van der Waals surface area contributed by atoms with Crippen molar-refractivity contribution in [2.24, 2.45) is 0 Å². The maximum absolute atomic E-state index is 9.16. The van der Waals surface area contributed by atoms with Crippen LogP contribution >= 0.6 is 0 Å². The molecule has 1 aromatic heterocycles. The minimum absolute atomic E-state index is 0.145. The Morgan fingerprint density at radius 2 is 2.08 bits per heavy atom. The molecule has 0 unspecified atom stereocenters. The molecule has 2 heteroatoms. The zero-order valence-corrected chi connectivity index (χ0v) is 7.46. The van der Waals surface area contributed by atoms with Gasteiger partial charge in [-0.05, 0) is 24.0 Å². The van der Waals surface area contributed by atoms with Crippen molar-refractivity contribution in [2.75, 3.05) is 0 Å². The monoisotopic (exact) mass is 175 g/mol. The summed E-state index contributed by atoms with van der Waals surface area (Å²) in [6, 6.07) is 0. The smallest absolute Gasteiger partial charge is 0.0833 e. The summed E-state index contributed by atoms with van der Waals surface area (Å²) in [5, 5.41) is 9.16. The molecule has 4 rings (SSSR count). The van der Waals surface area contributed by atoms with E-state index >= 15 is 0 Å². The third-order valence-corrected chi connectivity index (χ3v) is 3.33. The van der Waals surface area contributed by atoms with E-state index in [0.29, 0.717) is 11.8 Å². The van der Waals surface area contributed by atoms with Crippen LogP contribution in [0.5, 0.6) is 0 Å². The summed E-state index contributed by atoms with van der Waals surface area (Å²) in [4.78, 5) is 3.18. The van der Waals surface area contributed by atoms with Gasteiger partial charge in [-0.3, -0.25) is 0 Å². The lowest BCUT2D eigenvalue weighted by molar-refractivity contribution is 0.275. The fraction of sp³-hybridized carbons (Fsp3) is 0.455. The highest BCUT2D eigenvalue weighted by molar-refractivity contribution is 5.46. The van der Waals surface area contributed by atoms with E-state index in [2.05, 4.69) is 23.3 Å². The lowest BCUT2D eigenvalue weighted by Gasteiger charge is -2.31. The number of rotatable bonds is 1. The second-order valence-electron chi connectivity index (χ2n) is 3.97. The van der Waals surface area contributed by atoms with Crippen LogP contribution in [0.2, 0.25) is 0 Å². The second kappa shape index (κ2) is 2.48. The summed E-state index contributed by atoms with van der Waals surface area (Å²) in [6.45, 7) is 0.145. The van der Waals surface area contributed by atoms with Gasteiger partial charge >= 0.3 is 0 Å². The molecule has 1 heterocycles. The molecule has 1 aromatic rings. The van der Waals surface area contributed by atoms with Gasteiger partial charge in [0.1, 0.15) is 0 Å². The van der Waals surface area contributed by atoms with Gasteiger partial charge in [0, 0.05) is 23.7 Å². The Hall–Kier alpha value is -1.02. The standard InChI is InChI=1S/C11H13NO/c13-6-10-11-8-3-1-7(2-4-8)9(11)5-12-10/h1,3,5,7-8,12-13H,2,4,6H2/t7-,8+/m0/s1. The number of hydrogen-bond acceptors (Lipinski definition) is 1. The first-order valence-electron chi connectivity index (χ1n) is 4.89. The average molecular weight is 175 g/mol. The van der Waals surface area contributed by atoms with Crippen molar-refractivity contribution in [1.29, 1.82) is 0 Å². The lowest BCUT2D eigenvalue weighted by Crippen LogP contribution is -2.16. The summed E-state index contributed by atoms with van der Waals surface area (Å²) in [6.07, 6.45) is 9.20. The maximum atomic E-state index is 9.16. The van der Waals surface area contributed by atoms with E-state index in [1.165, 1.54) is 24.0 Å². The van der Waals surface area contributed by atoms with Gasteiger partial charge in [-0.2, -0.15) is 0 Å². The summed E-state index contributed by atoms with van der Waals surface area (Å²) in [7, 11) is 0. The van der Waals surface area contributed by atoms with E-state index < -0.39 is 0 Å². The van der Waals surface area contributed by atoms with Crippen LogP contribution in [0, 0.1) is 0 Å². The predicted octanol–water partition coefficient (Wildman–Crippen LogP) is 2.04. The Balaban J connectivity index is 2.19. The Labute approximate surface area is 77.3 Å². The van der Waals surface area contributed by atoms with Gasteiger partial charge in [0.2, 0.25) is 0 Å². The van der Waals surface area contributed by atoms with E-state index in [1.54, 1.807) is 0 Å². The zero-order chi connectivity index (χ0) is 8.84. The van der Waals surface area contributed by atoms with Crippen LogP contribution in [0.1, 0.15) is 41.5 Å². The van der Waals surface area contributed by atoms with E-state index in [4.69, 9.17) is 5.11 Å². The summed E-state index contributed by atoms with van der Waals surface area (Å²) < 4.78 is 0. The molecule has 2 N–H and O–H groups in total. The predicted molar refractivity (Wildman–Crippen MR) is 50.6 cm³/mol. The van der Waals surface area contributed by atoms with Gasteiger partial charge < -0.3 is 10.1 Å². The van der Waals surface area contributed by atoms with Crippen LogP contribution < -0.4 is 0 Å². The van der Waals surface area contributed by atoms with Crippen LogP contribution in [0.25, 0.3) is 0 Å². The molecule has 3 aliphatic rings. The molecule has 68 valence electrons. The fourth-order valence-corrected chi connectivity index (χ4v) is 2.69. The number of aliphatic hydroxyl groups excluding tert-OH is 1. The topological polar surface area (TPSA) is 36.0 Å².